The normalized spacial score (nSPS) is 10.1. The molecule has 0 aliphatic heterocycles. The molecule has 0 aliphatic rings. The zero-order valence-electron chi connectivity index (χ0n) is 11.0. The second-order valence-electron chi connectivity index (χ2n) is 4.22. The molecular weight excluding hydrogens is 323 g/mol. The minimum atomic E-state index is 0. The number of halogens is 2. The van der Waals surface area contributed by atoms with Crippen LogP contribution in [-0.4, -0.2) is 29.9 Å². The van der Waals surface area contributed by atoms with E-state index in [1.165, 1.54) is 0 Å². The summed E-state index contributed by atoms with van der Waals surface area (Å²) in [6, 6.07) is 3.48. The first-order chi connectivity index (χ1) is 10.2. The Labute approximate surface area is 137 Å². The third-order valence-corrected chi connectivity index (χ3v) is 3.49. The first kappa shape index (κ1) is 16.2. The number of H-pyrrole nitrogens is 1. The van der Waals surface area contributed by atoms with Crippen molar-refractivity contribution in [2.75, 3.05) is 0 Å². The van der Waals surface area contributed by atoms with Gasteiger partial charge in [-0.1, -0.05) is 30.6 Å². The van der Waals surface area contributed by atoms with Crippen LogP contribution < -0.4 is 0 Å². The molecule has 0 unspecified atom stereocenters. The molecule has 0 aliphatic carbocycles. The van der Waals surface area contributed by atoms with Crippen molar-refractivity contribution < 1.29 is 0 Å². The minimum absolute atomic E-state index is 0. The van der Waals surface area contributed by atoms with E-state index in [-0.39, 0.29) is 7.43 Å². The quantitative estimate of drug-likeness (QED) is 0.529. The van der Waals surface area contributed by atoms with Gasteiger partial charge in [0.1, 0.15) is 22.1 Å². The Bertz CT molecular complexity index is 899. The molecule has 8 heteroatoms. The lowest BCUT2D eigenvalue weighted by molar-refractivity contribution is 0.797. The van der Waals surface area contributed by atoms with Crippen molar-refractivity contribution in [2.24, 2.45) is 7.05 Å². The fraction of sp³-hybridized carbons (Fsp3) is 0.143. The summed E-state index contributed by atoms with van der Waals surface area (Å²) in [5.41, 5.74) is 3.31. The number of hydrogen-bond donors (Lipinski definition) is 1. The molecule has 0 saturated heterocycles. The lowest BCUT2D eigenvalue weighted by atomic mass is 10.4. The number of aryl methyl sites for hydroxylation is 1. The number of nitrogens with zero attached hydrogens (tertiary/aromatic N) is 5. The number of aromatic amines is 1. The highest BCUT2D eigenvalue weighted by atomic mass is 35.5. The smallest absolute Gasteiger partial charge is 0.110 e. The van der Waals surface area contributed by atoms with Gasteiger partial charge in [-0.2, -0.15) is 10.2 Å². The van der Waals surface area contributed by atoms with Gasteiger partial charge < -0.3 is 0 Å². The molecule has 0 bridgehead atoms. The molecule has 6 nitrogen and oxygen atoms in total. The molecule has 0 fully saturated rings. The largest absolute Gasteiger partial charge is 0.275 e. The molecule has 22 heavy (non-hydrogen) atoms. The summed E-state index contributed by atoms with van der Waals surface area (Å²) < 4.78 is 1.71. The maximum absolute atomic E-state index is 5.90. The predicted molar refractivity (Wildman–Crippen MR) is 89.1 cm³/mol. The maximum atomic E-state index is 5.90. The zero-order valence-corrected chi connectivity index (χ0v) is 12.5. The van der Waals surface area contributed by atoms with Gasteiger partial charge in [-0.3, -0.25) is 19.7 Å². The van der Waals surface area contributed by atoms with Crippen LogP contribution in [0.25, 0.3) is 22.1 Å². The van der Waals surface area contributed by atoms with Crippen LogP contribution in [0.3, 0.4) is 0 Å². The molecule has 0 saturated carbocycles. The summed E-state index contributed by atoms with van der Waals surface area (Å²) >= 11 is 11.7. The van der Waals surface area contributed by atoms with Gasteiger partial charge in [-0.05, 0) is 12.1 Å². The second-order valence-corrected chi connectivity index (χ2v) is 5.03. The van der Waals surface area contributed by atoms with Gasteiger partial charge in [0.25, 0.3) is 0 Å². The van der Waals surface area contributed by atoms with Crippen LogP contribution >= 0.6 is 23.2 Å². The monoisotopic (exact) mass is 336 g/mol. The molecule has 0 amide bonds. The van der Waals surface area contributed by atoms with Gasteiger partial charge in [0, 0.05) is 19.4 Å². The fourth-order valence-electron chi connectivity index (χ4n) is 1.88. The highest BCUT2D eigenvalue weighted by Gasteiger charge is 2.03. The van der Waals surface area contributed by atoms with E-state index in [0.29, 0.717) is 10.0 Å². The molecule has 0 atom stereocenters. The van der Waals surface area contributed by atoms with E-state index in [1.54, 1.807) is 41.6 Å². The third-order valence-electron chi connectivity index (χ3n) is 2.87. The van der Waals surface area contributed by atoms with E-state index in [1.807, 2.05) is 7.05 Å². The average Bonchev–Trinajstić information content (AvgIpc) is 3.08. The van der Waals surface area contributed by atoms with Crippen LogP contribution in [0.1, 0.15) is 7.43 Å². The zero-order chi connectivity index (χ0) is 14.8. The molecule has 4 aromatic heterocycles. The molecule has 0 spiro atoms. The van der Waals surface area contributed by atoms with Gasteiger partial charge in [-0.25, -0.2) is 0 Å². The van der Waals surface area contributed by atoms with E-state index in [9.17, 15) is 0 Å². The van der Waals surface area contributed by atoms with Crippen molar-refractivity contribution >= 4 is 45.3 Å². The summed E-state index contributed by atoms with van der Waals surface area (Å²) in [5, 5.41) is 11.9. The maximum Gasteiger partial charge on any atom is 0.110 e. The molecule has 4 aromatic rings. The Balaban J connectivity index is 0.000000154. The summed E-state index contributed by atoms with van der Waals surface area (Å²) in [6.07, 6.45) is 6.66. The number of hydrogen-bond acceptors (Lipinski definition) is 4. The minimum Gasteiger partial charge on any atom is -0.275 e. The van der Waals surface area contributed by atoms with Gasteiger partial charge in [0.05, 0.1) is 22.4 Å². The van der Waals surface area contributed by atoms with E-state index < -0.39 is 0 Å². The summed E-state index contributed by atoms with van der Waals surface area (Å²) in [4.78, 5) is 8.12. The summed E-state index contributed by atoms with van der Waals surface area (Å²) in [7, 11) is 1.84. The van der Waals surface area contributed by atoms with Crippen LogP contribution in [0.15, 0.2) is 36.9 Å². The molecule has 4 heterocycles. The van der Waals surface area contributed by atoms with Crippen molar-refractivity contribution in [1.29, 1.82) is 0 Å². The molecule has 0 aromatic carbocycles. The Morgan fingerprint density at radius 1 is 1.00 bits per heavy atom. The number of pyridine rings is 2. The lowest BCUT2D eigenvalue weighted by Crippen LogP contribution is -1.89. The van der Waals surface area contributed by atoms with Crippen LogP contribution in [0.2, 0.25) is 10.0 Å². The first-order valence-electron chi connectivity index (χ1n) is 6.02. The van der Waals surface area contributed by atoms with Crippen LogP contribution in [-0.2, 0) is 7.05 Å². The van der Waals surface area contributed by atoms with E-state index in [2.05, 4.69) is 25.3 Å². The van der Waals surface area contributed by atoms with E-state index >= 15 is 0 Å². The Morgan fingerprint density at radius 3 is 2.36 bits per heavy atom. The highest BCUT2D eigenvalue weighted by Crippen LogP contribution is 2.19. The van der Waals surface area contributed by atoms with Crippen molar-refractivity contribution in [3.05, 3.63) is 47.0 Å². The first-order valence-corrected chi connectivity index (χ1v) is 6.78. The Morgan fingerprint density at radius 2 is 1.68 bits per heavy atom. The van der Waals surface area contributed by atoms with Crippen molar-refractivity contribution in [3.8, 4) is 0 Å². The third kappa shape index (κ3) is 3.03. The van der Waals surface area contributed by atoms with E-state index in [4.69, 9.17) is 23.2 Å². The summed E-state index contributed by atoms with van der Waals surface area (Å²) in [6.45, 7) is 0. The van der Waals surface area contributed by atoms with Crippen LogP contribution in [0.4, 0.5) is 0 Å². The Hall–Kier alpha value is -2.18. The average molecular weight is 337 g/mol. The number of fused-ring (bicyclic) bond motifs is 2. The molecule has 1 N–H and O–H groups in total. The predicted octanol–water partition coefficient (Wildman–Crippen LogP) is 3.87. The van der Waals surface area contributed by atoms with Gasteiger partial charge in [0.2, 0.25) is 0 Å². The number of aromatic nitrogens is 6. The lowest BCUT2D eigenvalue weighted by Gasteiger charge is -1.94. The SMILES string of the molecule is C.Clc1ccnc2cn[nH]c12.Cn1ncc2nccc(Cl)c21. The fourth-order valence-corrected chi connectivity index (χ4v) is 2.35. The topological polar surface area (TPSA) is 72.3 Å². The molecule has 114 valence electrons. The van der Waals surface area contributed by atoms with Gasteiger partial charge in [-0.15, -0.1) is 0 Å². The number of rotatable bonds is 0. The molecule has 4 rings (SSSR count). The van der Waals surface area contributed by atoms with Crippen molar-refractivity contribution in [2.45, 2.75) is 7.43 Å². The van der Waals surface area contributed by atoms with Gasteiger partial charge in [0.15, 0.2) is 0 Å². The van der Waals surface area contributed by atoms with Crippen LogP contribution in [0.5, 0.6) is 0 Å². The van der Waals surface area contributed by atoms with Gasteiger partial charge >= 0.3 is 0 Å². The standard InChI is InChI=1S/C7H6ClN3.C6H4ClN3.CH4/c1-11-7-5(8)2-3-9-6(7)4-10-11;7-4-1-2-8-5-3-9-10-6(4)5;/h2-4H,1H3;1-3H,(H,9,10);1H4. The molecular formula is C14H14Cl2N6. The molecule has 0 radical (unpaired) electrons. The van der Waals surface area contributed by atoms with Crippen molar-refractivity contribution in [1.82, 2.24) is 29.9 Å². The van der Waals surface area contributed by atoms with E-state index in [0.717, 1.165) is 22.1 Å². The van der Waals surface area contributed by atoms with Crippen molar-refractivity contribution in [3.63, 3.8) is 0 Å². The second kappa shape index (κ2) is 6.72. The number of nitrogens with one attached hydrogen (secondary N) is 1. The van der Waals surface area contributed by atoms with Crippen LogP contribution in [0, 0.1) is 0 Å². The summed E-state index contributed by atoms with van der Waals surface area (Å²) in [5.74, 6) is 0. The Kier molecular flexibility index (Phi) is 4.95. The highest BCUT2D eigenvalue weighted by molar-refractivity contribution is 6.35.